The Balaban J connectivity index is 1.39. The summed E-state index contributed by atoms with van der Waals surface area (Å²) in [6.45, 7) is 1.19. The fraction of sp³-hybridized carbons (Fsp3) is 0.516. The minimum atomic E-state index is -0.384. The molecule has 1 heterocycles. The zero-order chi connectivity index (χ0) is 27.7. The number of carbonyl (C=O) groups excluding carboxylic acids is 2. The first kappa shape index (κ1) is 27.2. The lowest BCUT2D eigenvalue weighted by Crippen LogP contribution is -2.57. The number of urea groups is 1. The van der Waals surface area contributed by atoms with Crippen molar-refractivity contribution in [2.24, 2.45) is 4.99 Å². The van der Waals surface area contributed by atoms with Crippen molar-refractivity contribution in [1.82, 2.24) is 20.0 Å². The number of hydrogen-bond donors (Lipinski definition) is 1. The first-order valence-corrected chi connectivity index (χ1v) is 13.9. The van der Waals surface area contributed by atoms with E-state index in [0.717, 1.165) is 49.8 Å². The van der Waals surface area contributed by atoms with Gasteiger partial charge in [0.25, 0.3) is 0 Å². The summed E-state index contributed by atoms with van der Waals surface area (Å²) in [4.78, 5) is 37.5. The first-order valence-electron chi connectivity index (χ1n) is 13.9. The fourth-order valence-corrected chi connectivity index (χ4v) is 6.62. The van der Waals surface area contributed by atoms with Crippen molar-refractivity contribution in [3.05, 3.63) is 65.7 Å². The summed E-state index contributed by atoms with van der Waals surface area (Å²) in [6.07, 6.45) is 7.10. The molecule has 0 aromatic heterocycles. The van der Waals surface area contributed by atoms with Crippen LogP contribution in [0.15, 0.2) is 59.6 Å². The molecule has 2 aromatic carbocycles. The highest BCUT2D eigenvalue weighted by atomic mass is 16.5. The molecule has 1 spiro atoms. The Morgan fingerprint density at radius 1 is 1.03 bits per heavy atom. The number of methoxy groups -OCH3 is 1. The number of carbonyl (C=O) groups is 2. The maximum absolute atomic E-state index is 13.9. The molecular formula is C31H41N5O3. The number of hydrogen-bond acceptors (Lipinski definition) is 5. The smallest absolute Gasteiger partial charge is 0.321 e. The van der Waals surface area contributed by atoms with Gasteiger partial charge in [-0.15, -0.1) is 0 Å². The first-order chi connectivity index (χ1) is 18.7. The summed E-state index contributed by atoms with van der Waals surface area (Å²) in [5.74, 6) is 0.679. The number of nitrogens with zero attached hydrogens (tertiary/aromatic N) is 4. The molecule has 3 amide bonds. The van der Waals surface area contributed by atoms with E-state index < -0.39 is 0 Å². The Bertz CT molecular complexity index is 1200. The molecule has 39 heavy (non-hydrogen) atoms. The zero-order valence-corrected chi connectivity index (χ0v) is 23.7. The van der Waals surface area contributed by atoms with Gasteiger partial charge in [-0.05, 0) is 75.9 Å². The lowest BCUT2D eigenvalue weighted by Gasteiger charge is -2.51. The van der Waals surface area contributed by atoms with E-state index in [4.69, 9.17) is 4.74 Å². The molecule has 1 saturated heterocycles. The van der Waals surface area contributed by atoms with Crippen molar-refractivity contribution < 1.29 is 14.3 Å². The van der Waals surface area contributed by atoms with E-state index in [1.807, 2.05) is 40.3 Å². The van der Waals surface area contributed by atoms with Crippen molar-refractivity contribution >= 4 is 18.2 Å². The molecule has 0 radical (unpaired) electrons. The zero-order valence-electron chi connectivity index (χ0n) is 23.7. The van der Waals surface area contributed by atoms with E-state index in [9.17, 15) is 9.59 Å². The number of benzene rings is 2. The van der Waals surface area contributed by atoms with E-state index in [2.05, 4.69) is 59.6 Å². The van der Waals surface area contributed by atoms with Gasteiger partial charge in [0.1, 0.15) is 12.3 Å². The fourth-order valence-electron chi connectivity index (χ4n) is 6.62. The quantitative estimate of drug-likeness (QED) is 0.496. The lowest BCUT2D eigenvalue weighted by atomic mass is 9.68. The van der Waals surface area contributed by atoms with Gasteiger partial charge >= 0.3 is 6.03 Å². The summed E-state index contributed by atoms with van der Waals surface area (Å²) in [6, 6.07) is 18.5. The van der Waals surface area contributed by atoms with Crippen LogP contribution in [0.5, 0.6) is 5.75 Å². The van der Waals surface area contributed by atoms with Gasteiger partial charge < -0.3 is 19.9 Å². The van der Waals surface area contributed by atoms with E-state index in [1.54, 1.807) is 14.2 Å². The third kappa shape index (κ3) is 5.26. The van der Waals surface area contributed by atoms with E-state index in [-0.39, 0.29) is 35.1 Å². The van der Waals surface area contributed by atoms with Gasteiger partial charge in [-0.2, -0.15) is 0 Å². The van der Waals surface area contributed by atoms with Crippen LogP contribution in [0.4, 0.5) is 4.79 Å². The van der Waals surface area contributed by atoms with Crippen LogP contribution in [0.2, 0.25) is 0 Å². The molecule has 208 valence electrons. The molecule has 3 fully saturated rings. The Kier molecular flexibility index (Phi) is 7.42. The maximum Gasteiger partial charge on any atom is 0.321 e. The van der Waals surface area contributed by atoms with Gasteiger partial charge in [0.2, 0.25) is 5.91 Å². The molecule has 8 nitrogen and oxygen atoms in total. The molecular weight excluding hydrogens is 490 g/mol. The summed E-state index contributed by atoms with van der Waals surface area (Å²) < 4.78 is 5.30. The van der Waals surface area contributed by atoms with Crippen LogP contribution in [0.25, 0.3) is 0 Å². The Hall–Kier alpha value is -3.39. The Morgan fingerprint density at radius 2 is 1.69 bits per heavy atom. The second-order valence-electron chi connectivity index (χ2n) is 11.7. The third-order valence-corrected chi connectivity index (χ3v) is 9.12. The van der Waals surface area contributed by atoms with Crippen LogP contribution in [-0.2, 0) is 16.9 Å². The number of nitrogens with one attached hydrogen (secondary N) is 1. The SMILES string of the molecule is C/N=C/C1(NC(=O)CN2C(=O)N(Cc3ccc(OC)cc3)C[C@]23CC[C@](c2ccccc2)(N(C)C)CC3)CC1. The molecule has 1 aliphatic heterocycles. The van der Waals surface area contributed by atoms with Crippen LogP contribution in [0.1, 0.15) is 49.7 Å². The third-order valence-electron chi connectivity index (χ3n) is 9.12. The average molecular weight is 532 g/mol. The highest BCUT2D eigenvalue weighted by Gasteiger charge is 2.55. The summed E-state index contributed by atoms with van der Waals surface area (Å²) in [5, 5.41) is 3.15. The second kappa shape index (κ2) is 10.6. The highest BCUT2D eigenvalue weighted by Crippen LogP contribution is 2.49. The molecule has 0 bridgehead atoms. The van der Waals surface area contributed by atoms with Crippen LogP contribution < -0.4 is 10.1 Å². The molecule has 1 N–H and O–H groups in total. The van der Waals surface area contributed by atoms with Gasteiger partial charge in [0, 0.05) is 31.9 Å². The molecule has 2 aromatic rings. The van der Waals surface area contributed by atoms with Crippen LogP contribution in [0, 0.1) is 0 Å². The standard InChI is InChI=1S/C31H41N5O3/c1-32-22-29(14-15-29)33-27(37)21-36-28(38)35(20-24-10-12-26(39-4)13-11-24)23-30(36)16-18-31(19-17-30,34(2)3)25-8-6-5-7-9-25/h5-13,22H,14-21,23H2,1-4H3,(H,33,37)/b32-22+/t30-,31+. The van der Waals surface area contributed by atoms with E-state index >= 15 is 0 Å². The molecule has 3 aliphatic rings. The maximum atomic E-state index is 13.9. The molecule has 2 saturated carbocycles. The van der Waals surface area contributed by atoms with Crippen molar-refractivity contribution in [1.29, 1.82) is 0 Å². The van der Waals surface area contributed by atoms with Crippen LogP contribution in [-0.4, -0.2) is 85.3 Å². The van der Waals surface area contributed by atoms with Crippen molar-refractivity contribution in [2.45, 2.75) is 61.7 Å². The lowest BCUT2D eigenvalue weighted by molar-refractivity contribution is -0.123. The second-order valence-corrected chi connectivity index (χ2v) is 11.7. The highest BCUT2D eigenvalue weighted by molar-refractivity contribution is 5.90. The van der Waals surface area contributed by atoms with Gasteiger partial charge in [0.15, 0.2) is 0 Å². The number of rotatable bonds is 9. The van der Waals surface area contributed by atoms with E-state index in [0.29, 0.717) is 13.1 Å². The number of ether oxygens (including phenoxy) is 1. The van der Waals surface area contributed by atoms with Crippen LogP contribution in [0.3, 0.4) is 0 Å². The van der Waals surface area contributed by atoms with Crippen LogP contribution >= 0.6 is 0 Å². The molecule has 0 unspecified atom stereocenters. The number of amides is 3. The van der Waals surface area contributed by atoms with Crippen molar-refractivity contribution in [2.75, 3.05) is 41.3 Å². The van der Waals surface area contributed by atoms with Gasteiger partial charge in [-0.1, -0.05) is 42.5 Å². The molecule has 8 heteroatoms. The summed E-state index contributed by atoms with van der Waals surface area (Å²) in [7, 11) is 7.68. The minimum Gasteiger partial charge on any atom is -0.497 e. The Morgan fingerprint density at radius 3 is 2.26 bits per heavy atom. The van der Waals surface area contributed by atoms with E-state index in [1.165, 1.54) is 5.56 Å². The summed E-state index contributed by atoms with van der Waals surface area (Å²) >= 11 is 0. The van der Waals surface area contributed by atoms with Crippen molar-refractivity contribution in [3.8, 4) is 5.75 Å². The predicted octanol–water partition coefficient (Wildman–Crippen LogP) is 4.05. The topological polar surface area (TPSA) is 77.5 Å². The largest absolute Gasteiger partial charge is 0.497 e. The van der Waals surface area contributed by atoms with Gasteiger partial charge in [-0.3, -0.25) is 14.7 Å². The molecule has 5 rings (SSSR count). The van der Waals surface area contributed by atoms with Gasteiger partial charge in [0.05, 0.1) is 18.2 Å². The normalized spacial score (nSPS) is 26.0. The molecule has 0 atom stereocenters. The summed E-state index contributed by atoms with van der Waals surface area (Å²) in [5.41, 5.74) is 1.53. The van der Waals surface area contributed by atoms with Crippen molar-refractivity contribution in [3.63, 3.8) is 0 Å². The minimum absolute atomic E-state index is 0.0629. The Labute approximate surface area is 232 Å². The predicted molar refractivity (Wildman–Crippen MR) is 153 cm³/mol. The van der Waals surface area contributed by atoms with Gasteiger partial charge in [-0.25, -0.2) is 4.79 Å². The molecule has 2 aliphatic carbocycles. The monoisotopic (exact) mass is 531 g/mol. The number of aliphatic imine (C=N–C) groups is 1. The average Bonchev–Trinajstić information content (AvgIpc) is 3.65.